The van der Waals surface area contributed by atoms with Gasteiger partial charge in [0, 0.05) is 126 Å². The third-order valence-corrected chi connectivity index (χ3v) is 1.81. The number of aliphatic hydroxyl groups is 1. The average molecular weight is 1770 g/mol. The van der Waals surface area contributed by atoms with E-state index in [1.807, 2.05) is 4.40 Å². The van der Waals surface area contributed by atoms with Crippen LogP contribution in [0.4, 0.5) is 0 Å². The molecule has 0 rings (SSSR count). The standard InChI is InChI=1S/C7H11O.9W/c1-6(2)4-7(3)5-8;;;;;;;;;/h3,6,8H,5H2,1-2H3;;;;;;;;;/q-1;;;;;;;;;. The van der Waals surface area contributed by atoms with Crippen molar-refractivity contribution >= 4 is 4.40 Å². The van der Waals surface area contributed by atoms with Crippen LogP contribution in [0.1, 0.15) is 13.8 Å². The molecule has 1 N–H and O–H groups in total. The summed E-state index contributed by atoms with van der Waals surface area (Å²) in [4.78, 5) is 0. The first-order valence-electron chi connectivity index (χ1n) is 3.05. The molecule has 100 valence electrons. The van der Waals surface area contributed by atoms with Gasteiger partial charge in [0.25, 0.3) is 0 Å². The molecule has 0 aliphatic heterocycles. The summed E-state index contributed by atoms with van der Waals surface area (Å²) >= 11 is 4.70. The van der Waals surface area contributed by atoms with Gasteiger partial charge in [0.15, 0.2) is 0 Å². The number of hydrogen-bond acceptors (Lipinski definition) is 1. The van der Waals surface area contributed by atoms with E-state index in [9.17, 15) is 0 Å². The summed E-state index contributed by atoms with van der Waals surface area (Å²) in [6, 6.07) is 0. The van der Waals surface area contributed by atoms with Gasteiger partial charge in [-0.3, -0.25) is 0 Å². The summed E-state index contributed by atoms with van der Waals surface area (Å²) in [5.41, 5.74) is 0.931. The Balaban J connectivity index is -0.0000000160. The fourth-order valence-electron chi connectivity index (χ4n) is 0.488. The number of aliphatic hydroxyl groups excluding tert-OH is 1. The second-order valence-corrected chi connectivity index (χ2v) is 2.95. The van der Waals surface area contributed by atoms with E-state index in [4.69, 9.17) is 5.11 Å². The van der Waals surface area contributed by atoms with Crippen molar-refractivity contribution in [3.8, 4) is 0 Å². The first-order valence-corrected chi connectivity index (χ1v) is 15.7. The summed E-state index contributed by atoms with van der Waals surface area (Å²) in [5.74, 6) is 0.419. The predicted molar refractivity (Wildman–Crippen MR) is 34.7 cm³/mol. The van der Waals surface area contributed by atoms with Gasteiger partial charge < -0.3 is 0 Å². The summed E-state index contributed by atoms with van der Waals surface area (Å²) in [6.45, 7) is 4.23. The molecular formula is C7H11OW9-. The molecule has 0 aromatic rings. The minimum absolute atomic E-state index is 0. The Morgan fingerprint density at radius 3 is 1.41 bits per heavy atom. The van der Waals surface area contributed by atoms with E-state index in [2.05, 4.69) is 19.9 Å². The monoisotopic (exact) mass is 1770 g/mol. The van der Waals surface area contributed by atoms with Crippen molar-refractivity contribution in [3.05, 3.63) is 11.6 Å². The van der Waals surface area contributed by atoms with Crippen LogP contribution in [0.15, 0.2) is 5.57 Å². The number of rotatable bonds is 3. The van der Waals surface area contributed by atoms with E-state index in [1.165, 1.54) is 19.4 Å². The Kier molecular flexibility index (Phi) is 125. The van der Waals surface area contributed by atoms with Gasteiger partial charge in [-0.1, -0.05) is 0 Å². The molecule has 0 spiro atoms. The quantitative estimate of drug-likeness (QED) is 0.414. The second-order valence-electron chi connectivity index (χ2n) is 2.10. The molecule has 0 aliphatic carbocycles. The summed E-state index contributed by atoms with van der Waals surface area (Å²) in [7, 11) is 0. The summed E-state index contributed by atoms with van der Waals surface area (Å²) in [5, 5.41) is 8.66. The van der Waals surface area contributed by atoms with Crippen molar-refractivity contribution < 1.29 is 183 Å². The normalized spacial score (nSPS) is 6.71. The molecule has 0 radical (unpaired) electrons. The van der Waals surface area contributed by atoms with E-state index in [-0.39, 0.29) is 133 Å². The van der Waals surface area contributed by atoms with Crippen LogP contribution in [-0.2, 0) is 178 Å². The van der Waals surface area contributed by atoms with Crippen molar-refractivity contribution in [1.82, 2.24) is 0 Å². The molecule has 0 saturated carbocycles. The van der Waals surface area contributed by atoms with Crippen molar-refractivity contribution in [2.24, 2.45) is 5.92 Å². The maximum atomic E-state index is 8.66. The molecule has 10 heteroatoms. The fraction of sp³-hybridized carbons (Fsp3) is 0.571. The minimum atomic E-state index is 0. The van der Waals surface area contributed by atoms with Crippen LogP contribution in [0.5, 0.6) is 0 Å². The Hall–Kier alpha value is 5.76. The Morgan fingerprint density at radius 1 is 1.06 bits per heavy atom. The van der Waals surface area contributed by atoms with Crippen LogP contribution in [0.25, 0.3) is 0 Å². The zero-order valence-electron chi connectivity index (χ0n) is 8.98. The first kappa shape index (κ1) is 49.5. The Bertz CT molecular complexity index is 139. The fourth-order valence-corrected chi connectivity index (χ4v) is 1.000. The molecule has 1 nitrogen and oxygen atoms in total. The van der Waals surface area contributed by atoms with Crippen LogP contribution >= 0.6 is 0 Å². The van der Waals surface area contributed by atoms with Crippen LogP contribution in [0.3, 0.4) is 0 Å². The first-order chi connectivity index (χ1) is 5.20. The van der Waals surface area contributed by atoms with Crippen LogP contribution in [0.2, 0.25) is 0 Å². The topological polar surface area (TPSA) is 20.2 Å². The van der Waals surface area contributed by atoms with Gasteiger partial charge in [-0.25, -0.2) is 0 Å². The summed E-state index contributed by atoms with van der Waals surface area (Å²) < 4.78 is 1.96. The maximum absolute atomic E-state index is 8.66. The zero-order valence-corrected chi connectivity index (χ0v) is 35.4. The van der Waals surface area contributed by atoms with Crippen LogP contribution in [0, 0.1) is 12.0 Å². The molecule has 0 aliphatic rings. The molecule has 0 unspecified atom stereocenters. The van der Waals surface area contributed by atoms with Gasteiger partial charge in [0.1, 0.15) is 0 Å². The van der Waals surface area contributed by atoms with Crippen molar-refractivity contribution in [3.63, 3.8) is 0 Å². The molecule has 0 aromatic heterocycles. The molecule has 0 fully saturated rings. The van der Waals surface area contributed by atoms with Crippen LogP contribution in [-0.4, -0.2) is 16.1 Å². The van der Waals surface area contributed by atoms with Gasteiger partial charge in [0.05, 0.1) is 0 Å². The molecule has 0 saturated heterocycles. The van der Waals surface area contributed by atoms with E-state index in [0.717, 1.165) is 5.57 Å². The van der Waals surface area contributed by atoms with Crippen molar-refractivity contribution in [2.45, 2.75) is 13.8 Å². The predicted octanol–water partition coefficient (Wildman–Crippen LogP) is 0.693. The van der Waals surface area contributed by atoms with Gasteiger partial charge in [0.2, 0.25) is 0 Å². The Morgan fingerprint density at radius 2 is 1.35 bits per heavy atom. The number of allylic oxidation sites excluding steroid dienone is 1. The zero-order chi connectivity index (χ0) is 9.28. The van der Waals surface area contributed by atoms with Gasteiger partial charge in [-0.2, -0.15) is 0 Å². The molecule has 0 amide bonds. The molecular weight excluding hydrogens is 1750 g/mol. The molecule has 0 bridgehead atoms. The SMILES string of the molecule is CC(C)[C-]=C([CH]=[W])CO.[W].[W].[W].[W].[W].[W].[W]=[W]. The second kappa shape index (κ2) is 43.0. The van der Waals surface area contributed by atoms with E-state index in [1.54, 1.807) is 32.4 Å². The van der Waals surface area contributed by atoms with Crippen molar-refractivity contribution in [1.29, 1.82) is 0 Å². The third-order valence-electron chi connectivity index (χ3n) is 0.787. The van der Waals surface area contributed by atoms with E-state index >= 15 is 0 Å². The third kappa shape index (κ3) is 44.9. The van der Waals surface area contributed by atoms with Gasteiger partial charge in [-0.05, 0) is 0 Å². The summed E-state index contributed by atoms with van der Waals surface area (Å²) in [6.07, 6.45) is 3.11. The molecule has 0 heterocycles. The van der Waals surface area contributed by atoms with Gasteiger partial charge >= 0.3 is 99.3 Å². The van der Waals surface area contributed by atoms with E-state index in [0.29, 0.717) is 5.92 Å². The van der Waals surface area contributed by atoms with Gasteiger partial charge in [-0.15, -0.1) is 0 Å². The molecule has 0 aromatic carbocycles. The van der Waals surface area contributed by atoms with E-state index < -0.39 is 0 Å². The molecule has 17 heavy (non-hydrogen) atoms. The molecule has 0 atom stereocenters. The Labute approximate surface area is 221 Å². The average Bonchev–Trinajstić information content (AvgIpc) is 2.03. The van der Waals surface area contributed by atoms with Crippen LogP contribution < -0.4 is 0 Å². The number of hydrogen-bond donors (Lipinski definition) is 1. The van der Waals surface area contributed by atoms with Crippen molar-refractivity contribution in [2.75, 3.05) is 6.61 Å².